The summed E-state index contributed by atoms with van der Waals surface area (Å²) in [5.41, 5.74) is 11.8. The third kappa shape index (κ3) is 3.62. The van der Waals surface area contributed by atoms with Crippen LogP contribution in [-0.2, 0) is 6.54 Å². The van der Waals surface area contributed by atoms with Crippen molar-refractivity contribution in [2.75, 3.05) is 7.11 Å². The number of benzene rings is 4. The minimum absolute atomic E-state index is 0.414. The van der Waals surface area contributed by atoms with Crippen LogP contribution in [0.15, 0.2) is 84.9 Å². The Hall–Kier alpha value is -3.32. The predicted octanol–water partition coefficient (Wildman–Crippen LogP) is 6.22. The molecule has 0 radical (unpaired) electrons. The number of hydrogen-bond acceptors (Lipinski definition) is 2. The Balaban J connectivity index is 1.76. The fourth-order valence-corrected chi connectivity index (χ4v) is 4.91. The minimum atomic E-state index is -0.414. The van der Waals surface area contributed by atoms with E-state index in [2.05, 4.69) is 87.8 Å². The van der Waals surface area contributed by atoms with Crippen LogP contribution in [0.2, 0.25) is 0 Å². The summed E-state index contributed by atoms with van der Waals surface area (Å²) in [7, 11) is 1.67. The zero-order chi connectivity index (χ0) is 22.2. The van der Waals surface area contributed by atoms with Gasteiger partial charge in [-0.05, 0) is 81.7 Å². The molecule has 1 amide bonds. The van der Waals surface area contributed by atoms with Crippen LogP contribution in [0.3, 0.4) is 0 Å². The van der Waals surface area contributed by atoms with E-state index in [4.69, 9.17) is 10.5 Å². The Labute approximate surface area is 199 Å². The van der Waals surface area contributed by atoms with Gasteiger partial charge in [-0.1, -0.05) is 42.5 Å². The number of nitrogens with two attached hydrogens (primary N) is 1. The number of primary amides is 1. The van der Waals surface area contributed by atoms with Gasteiger partial charge in [-0.3, -0.25) is 4.79 Å². The van der Waals surface area contributed by atoms with E-state index in [9.17, 15) is 4.79 Å². The van der Waals surface area contributed by atoms with Gasteiger partial charge in [0.2, 0.25) is 5.91 Å². The van der Waals surface area contributed by atoms with Crippen molar-refractivity contribution in [2.24, 2.45) is 5.73 Å². The fraction of sp³-hybridized carbons (Fsp3) is 0.0741. The fourth-order valence-electron chi connectivity index (χ4n) is 4.30. The SMILES string of the molecule is COc1ccc(-c2ccc3c4c(C(N)=O)cccc4n(Cc4cccc(I)c4)c3c2)cc1. The average molecular weight is 532 g/mol. The molecule has 0 bridgehead atoms. The van der Waals surface area contributed by atoms with Crippen LogP contribution in [0.1, 0.15) is 15.9 Å². The van der Waals surface area contributed by atoms with Gasteiger partial charge in [0.1, 0.15) is 5.75 Å². The van der Waals surface area contributed by atoms with E-state index >= 15 is 0 Å². The van der Waals surface area contributed by atoms with Crippen LogP contribution >= 0.6 is 22.6 Å². The molecule has 0 saturated carbocycles. The van der Waals surface area contributed by atoms with Crippen molar-refractivity contribution in [3.8, 4) is 16.9 Å². The molecular weight excluding hydrogens is 511 g/mol. The molecule has 2 N–H and O–H groups in total. The smallest absolute Gasteiger partial charge is 0.249 e. The van der Waals surface area contributed by atoms with Gasteiger partial charge in [0.15, 0.2) is 0 Å². The van der Waals surface area contributed by atoms with E-state index in [1.54, 1.807) is 13.2 Å². The quantitative estimate of drug-likeness (QED) is 0.273. The lowest BCUT2D eigenvalue weighted by Crippen LogP contribution is -2.11. The number of carbonyl (C=O) groups excluding carboxylic acids is 1. The molecule has 0 aliphatic heterocycles. The standard InChI is InChI=1S/C27H21IN2O2/c1-32-21-11-8-18(9-12-21)19-10-13-22-25(15-19)30(16-17-4-2-5-20(28)14-17)24-7-3-6-23(26(22)24)27(29)31/h2-15H,16H2,1H3,(H2,29,31). The highest BCUT2D eigenvalue weighted by molar-refractivity contribution is 14.1. The summed E-state index contributed by atoms with van der Waals surface area (Å²) in [6.07, 6.45) is 0. The van der Waals surface area contributed by atoms with E-state index in [-0.39, 0.29) is 0 Å². The highest BCUT2D eigenvalue weighted by Crippen LogP contribution is 2.35. The summed E-state index contributed by atoms with van der Waals surface area (Å²) in [5, 5.41) is 1.93. The third-order valence-electron chi connectivity index (χ3n) is 5.81. The highest BCUT2D eigenvalue weighted by Gasteiger charge is 2.17. The number of methoxy groups -OCH3 is 1. The van der Waals surface area contributed by atoms with E-state index in [1.165, 1.54) is 9.13 Å². The maximum absolute atomic E-state index is 12.2. The molecule has 1 heterocycles. The maximum atomic E-state index is 12.2. The van der Waals surface area contributed by atoms with E-state index in [0.717, 1.165) is 38.7 Å². The number of ether oxygens (including phenoxy) is 1. The van der Waals surface area contributed by atoms with Crippen molar-refractivity contribution in [1.82, 2.24) is 4.57 Å². The van der Waals surface area contributed by atoms with Gasteiger partial charge in [-0.2, -0.15) is 0 Å². The predicted molar refractivity (Wildman–Crippen MR) is 138 cm³/mol. The number of fused-ring (bicyclic) bond motifs is 3. The Morgan fingerprint density at radius 3 is 2.38 bits per heavy atom. The molecule has 5 heteroatoms. The molecule has 0 spiro atoms. The maximum Gasteiger partial charge on any atom is 0.249 e. The Bertz CT molecular complexity index is 1470. The van der Waals surface area contributed by atoms with Crippen molar-refractivity contribution in [2.45, 2.75) is 6.54 Å². The molecule has 0 fully saturated rings. The lowest BCUT2D eigenvalue weighted by Gasteiger charge is -2.10. The first kappa shape index (κ1) is 20.6. The third-order valence-corrected chi connectivity index (χ3v) is 6.48. The number of carbonyl (C=O) groups is 1. The molecule has 32 heavy (non-hydrogen) atoms. The van der Waals surface area contributed by atoms with E-state index in [1.807, 2.05) is 18.2 Å². The molecule has 1 aromatic heterocycles. The summed E-state index contributed by atoms with van der Waals surface area (Å²) < 4.78 is 8.76. The summed E-state index contributed by atoms with van der Waals surface area (Å²) >= 11 is 2.33. The second-order valence-electron chi connectivity index (χ2n) is 7.74. The summed E-state index contributed by atoms with van der Waals surface area (Å²) in [6, 6.07) is 28.7. The topological polar surface area (TPSA) is 57.2 Å². The first-order valence-electron chi connectivity index (χ1n) is 10.3. The Kier molecular flexibility index (Phi) is 5.35. The largest absolute Gasteiger partial charge is 0.497 e. The van der Waals surface area contributed by atoms with Crippen LogP contribution in [0.5, 0.6) is 5.75 Å². The summed E-state index contributed by atoms with van der Waals surface area (Å²) in [4.78, 5) is 12.2. The molecule has 0 aliphatic carbocycles. The number of rotatable bonds is 5. The first-order chi connectivity index (χ1) is 15.5. The lowest BCUT2D eigenvalue weighted by molar-refractivity contribution is 0.100. The van der Waals surface area contributed by atoms with Gasteiger partial charge in [0, 0.05) is 26.5 Å². The van der Waals surface area contributed by atoms with Gasteiger partial charge >= 0.3 is 0 Å². The number of nitrogens with zero attached hydrogens (tertiary/aromatic N) is 1. The van der Waals surface area contributed by atoms with Gasteiger partial charge in [0.05, 0.1) is 18.1 Å². The molecule has 0 aliphatic rings. The van der Waals surface area contributed by atoms with Crippen molar-refractivity contribution in [1.29, 1.82) is 0 Å². The lowest BCUT2D eigenvalue weighted by atomic mass is 10.0. The second kappa shape index (κ2) is 8.31. The van der Waals surface area contributed by atoms with Gasteiger partial charge in [-0.15, -0.1) is 0 Å². The van der Waals surface area contributed by atoms with Crippen LogP contribution < -0.4 is 10.5 Å². The molecule has 4 nitrogen and oxygen atoms in total. The zero-order valence-corrected chi connectivity index (χ0v) is 19.7. The Morgan fingerprint density at radius 2 is 1.66 bits per heavy atom. The van der Waals surface area contributed by atoms with Crippen LogP contribution in [0.4, 0.5) is 0 Å². The van der Waals surface area contributed by atoms with Crippen molar-refractivity contribution in [3.05, 3.63) is 99.6 Å². The normalized spacial score (nSPS) is 11.2. The van der Waals surface area contributed by atoms with Gasteiger partial charge in [-0.25, -0.2) is 0 Å². The molecule has 5 rings (SSSR count). The van der Waals surface area contributed by atoms with E-state index in [0.29, 0.717) is 12.1 Å². The highest BCUT2D eigenvalue weighted by atomic mass is 127. The molecule has 0 unspecified atom stereocenters. The zero-order valence-electron chi connectivity index (χ0n) is 17.5. The molecule has 5 aromatic rings. The van der Waals surface area contributed by atoms with Gasteiger partial charge < -0.3 is 15.0 Å². The average Bonchev–Trinajstić information content (AvgIpc) is 3.12. The number of hydrogen-bond donors (Lipinski definition) is 1. The Morgan fingerprint density at radius 1 is 0.906 bits per heavy atom. The number of amides is 1. The van der Waals surface area contributed by atoms with Gasteiger partial charge in [0.25, 0.3) is 0 Å². The molecular formula is C27H21IN2O2. The summed E-state index contributed by atoms with van der Waals surface area (Å²) in [6.45, 7) is 0.700. The van der Waals surface area contributed by atoms with Crippen molar-refractivity contribution < 1.29 is 9.53 Å². The molecule has 0 atom stereocenters. The van der Waals surface area contributed by atoms with Crippen LogP contribution in [0.25, 0.3) is 32.9 Å². The van der Waals surface area contributed by atoms with Crippen LogP contribution in [-0.4, -0.2) is 17.6 Å². The first-order valence-corrected chi connectivity index (χ1v) is 11.4. The second-order valence-corrected chi connectivity index (χ2v) is 8.99. The molecule has 4 aromatic carbocycles. The number of aromatic nitrogens is 1. The number of halogens is 1. The molecule has 158 valence electrons. The van der Waals surface area contributed by atoms with Crippen molar-refractivity contribution in [3.63, 3.8) is 0 Å². The van der Waals surface area contributed by atoms with Crippen LogP contribution in [0, 0.1) is 3.57 Å². The minimum Gasteiger partial charge on any atom is -0.497 e. The van der Waals surface area contributed by atoms with Crippen molar-refractivity contribution >= 4 is 50.3 Å². The van der Waals surface area contributed by atoms with E-state index < -0.39 is 5.91 Å². The monoisotopic (exact) mass is 532 g/mol. The summed E-state index contributed by atoms with van der Waals surface area (Å²) in [5.74, 6) is 0.414. The molecule has 0 saturated heterocycles.